The molecule has 0 bridgehead atoms. The molecule has 0 saturated carbocycles. The van der Waals surface area contributed by atoms with E-state index in [4.69, 9.17) is 0 Å². The average molecular weight is 294 g/mol. The third kappa shape index (κ3) is 3.18. The van der Waals surface area contributed by atoms with Crippen molar-refractivity contribution in [2.75, 3.05) is 13.6 Å². The van der Waals surface area contributed by atoms with Crippen LogP contribution in [0.3, 0.4) is 0 Å². The van der Waals surface area contributed by atoms with Crippen molar-refractivity contribution in [3.63, 3.8) is 0 Å². The normalized spacial score (nSPS) is 18.4. The van der Waals surface area contributed by atoms with Gasteiger partial charge in [0, 0.05) is 0 Å². The molecule has 0 fully saturated rings. The van der Waals surface area contributed by atoms with Gasteiger partial charge in [0.05, 0.1) is 0 Å². The molecule has 0 aliphatic carbocycles. The van der Waals surface area contributed by atoms with E-state index in [0.29, 0.717) is 15.0 Å². The number of hydrogen-bond donors (Lipinski definition) is 0. The molecular weight excluding hydrogens is 277 g/mol. The second-order valence-electron chi connectivity index (χ2n) is 3.89. The molecule has 0 spiro atoms. The van der Waals surface area contributed by atoms with Crippen molar-refractivity contribution in [3.8, 4) is 0 Å². The Morgan fingerprint density at radius 2 is 2.12 bits per heavy atom. The van der Waals surface area contributed by atoms with Gasteiger partial charge < -0.3 is 0 Å². The van der Waals surface area contributed by atoms with Gasteiger partial charge >= 0.3 is 109 Å². The van der Waals surface area contributed by atoms with Crippen LogP contribution in [0.25, 0.3) is 0 Å². The summed E-state index contributed by atoms with van der Waals surface area (Å²) in [6, 6.07) is 10.4. The van der Waals surface area contributed by atoms with Crippen LogP contribution < -0.4 is 0 Å². The van der Waals surface area contributed by atoms with Gasteiger partial charge in [0.2, 0.25) is 0 Å². The van der Waals surface area contributed by atoms with Gasteiger partial charge in [-0.1, -0.05) is 0 Å². The number of aliphatic imine (C=N–C) groups is 1. The van der Waals surface area contributed by atoms with E-state index < -0.39 is 0 Å². The molecule has 1 aliphatic rings. The third-order valence-electron chi connectivity index (χ3n) is 2.46. The Kier molecular flexibility index (Phi) is 4.35. The SMILES string of the molecule is CCCN=C1[Se]CC(c2ccccc2)=NN1C. The van der Waals surface area contributed by atoms with E-state index in [2.05, 4.69) is 41.3 Å². The summed E-state index contributed by atoms with van der Waals surface area (Å²) >= 11 is 0.414. The number of hydrazone groups is 1. The summed E-state index contributed by atoms with van der Waals surface area (Å²) in [5.74, 6) is 0. The Hall–Kier alpha value is -1.12. The molecule has 1 aliphatic heterocycles. The standard InChI is InChI=1S/C13H17N3Se/c1-3-9-14-13-16(2)15-12(10-17-13)11-7-5-4-6-8-11/h4-8H,3,9-10H2,1-2H3. The molecule has 0 atom stereocenters. The Morgan fingerprint density at radius 3 is 2.76 bits per heavy atom. The average Bonchev–Trinajstić information content (AvgIpc) is 2.38. The molecule has 2 rings (SSSR count). The zero-order valence-electron chi connectivity index (χ0n) is 10.3. The van der Waals surface area contributed by atoms with E-state index in [0.717, 1.165) is 18.3 Å². The minimum absolute atomic E-state index is 0.414. The summed E-state index contributed by atoms with van der Waals surface area (Å²) in [6.07, 6.45) is 1.10. The zero-order chi connectivity index (χ0) is 12.1. The summed E-state index contributed by atoms with van der Waals surface area (Å²) in [5.41, 5.74) is 2.42. The van der Waals surface area contributed by atoms with Crippen LogP contribution in [0.15, 0.2) is 40.4 Å². The molecule has 0 N–H and O–H groups in total. The van der Waals surface area contributed by atoms with Gasteiger partial charge in [0.15, 0.2) is 0 Å². The Labute approximate surface area is 109 Å². The van der Waals surface area contributed by atoms with E-state index in [-0.39, 0.29) is 0 Å². The van der Waals surface area contributed by atoms with Crippen LogP contribution in [0, 0.1) is 0 Å². The molecule has 0 unspecified atom stereocenters. The molecule has 3 nitrogen and oxygen atoms in total. The maximum absolute atomic E-state index is 4.62. The Balaban J connectivity index is 2.14. The van der Waals surface area contributed by atoms with Crippen molar-refractivity contribution in [1.29, 1.82) is 0 Å². The monoisotopic (exact) mass is 295 g/mol. The second-order valence-corrected chi connectivity index (χ2v) is 5.87. The molecule has 0 radical (unpaired) electrons. The maximum atomic E-state index is 4.62. The summed E-state index contributed by atoms with van der Waals surface area (Å²) in [5, 5.41) is 7.61. The van der Waals surface area contributed by atoms with Crippen LogP contribution in [-0.4, -0.2) is 44.0 Å². The zero-order valence-corrected chi connectivity index (χ0v) is 12.0. The predicted molar refractivity (Wildman–Crippen MR) is 73.9 cm³/mol. The first-order valence-corrected chi connectivity index (χ1v) is 7.92. The van der Waals surface area contributed by atoms with Crippen molar-refractivity contribution in [2.45, 2.75) is 18.7 Å². The Bertz CT molecular complexity index is 426. The fourth-order valence-electron chi connectivity index (χ4n) is 1.61. The van der Waals surface area contributed by atoms with Gasteiger partial charge in [-0.15, -0.1) is 0 Å². The first-order valence-electron chi connectivity index (χ1n) is 5.85. The van der Waals surface area contributed by atoms with Crippen molar-refractivity contribution < 1.29 is 0 Å². The number of nitrogens with zero attached hydrogens (tertiary/aromatic N) is 3. The topological polar surface area (TPSA) is 28.0 Å². The van der Waals surface area contributed by atoms with E-state index in [1.807, 2.05) is 18.1 Å². The van der Waals surface area contributed by atoms with Crippen molar-refractivity contribution in [1.82, 2.24) is 5.01 Å². The molecule has 0 saturated heterocycles. The van der Waals surface area contributed by atoms with E-state index in [9.17, 15) is 0 Å². The molecular formula is C13H17N3Se. The van der Waals surface area contributed by atoms with Gasteiger partial charge in [-0.25, -0.2) is 0 Å². The quantitative estimate of drug-likeness (QED) is 0.786. The van der Waals surface area contributed by atoms with E-state index in [1.165, 1.54) is 16.0 Å². The molecule has 4 heteroatoms. The van der Waals surface area contributed by atoms with Crippen LogP contribution in [0.4, 0.5) is 0 Å². The van der Waals surface area contributed by atoms with Crippen molar-refractivity contribution in [2.24, 2.45) is 10.1 Å². The van der Waals surface area contributed by atoms with Gasteiger partial charge in [0.25, 0.3) is 0 Å². The van der Waals surface area contributed by atoms with Crippen molar-refractivity contribution in [3.05, 3.63) is 35.9 Å². The first kappa shape index (κ1) is 12.3. The minimum atomic E-state index is 0.414. The molecule has 17 heavy (non-hydrogen) atoms. The van der Waals surface area contributed by atoms with Crippen LogP contribution in [0.2, 0.25) is 5.32 Å². The molecule has 1 aromatic carbocycles. The van der Waals surface area contributed by atoms with Gasteiger partial charge in [-0.2, -0.15) is 0 Å². The summed E-state index contributed by atoms with van der Waals surface area (Å²) in [6.45, 7) is 3.07. The number of hydrogen-bond acceptors (Lipinski definition) is 2. The summed E-state index contributed by atoms with van der Waals surface area (Å²) in [7, 11) is 2.00. The fourth-order valence-corrected chi connectivity index (χ4v) is 3.50. The van der Waals surface area contributed by atoms with Gasteiger partial charge in [-0.3, -0.25) is 0 Å². The van der Waals surface area contributed by atoms with Gasteiger partial charge in [0.1, 0.15) is 0 Å². The van der Waals surface area contributed by atoms with E-state index in [1.54, 1.807) is 0 Å². The summed E-state index contributed by atoms with van der Waals surface area (Å²) < 4.78 is 1.17. The third-order valence-corrected chi connectivity index (χ3v) is 4.71. The molecule has 1 heterocycles. The molecule has 0 aromatic heterocycles. The van der Waals surface area contributed by atoms with Crippen molar-refractivity contribution >= 4 is 25.4 Å². The molecule has 1 aromatic rings. The Morgan fingerprint density at radius 1 is 1.35 bits per heavy atom. The number of benzene rings is 1. The summed E-state index contributed by atoms with van der Waals surface area (Å²) in [4.78, 5) is 4.57. The first-order chi connectivity index (χ1) is 8.31. The fraction of sp³-hybridized carbons (Fsp3) is 0.385. The second kappa shape index (κ2) is 5.99. The molecule has 90 valence electrons. The number of amidine groups is 1. The van der Waals surface area contributed by atoms with Crippen LogP contribution >= 0.6 is 0 Å². The van der Waals surface area contributed by atoms with Gasteiger partial charge in [-0.05, 0) is 0 Å². The molecule has 0 amide bonds. The van der Waals surface area contributed by atoms with Crippen LogP contribution in [0.1, 0.15) is 18.9 Å². The number of rotatable bonds is 3. The van der Waals surface area contributed by atoms with Crippen LogP contribution in [-0.2, 0) is 0 Å². The van der Waals surface area contributed by atoms with Crippen LogP contribution in [0.5, 0.6) is 0 Å². The predicted octanol–water partition coefficient (Wildman–Crippen LogP) is 2.22. The van der Waals surface area contributed by atoms with E-state index >= 15 is 0 Å².